The number of nitrogens with zero attached hydrogens (tertiary/aromatic N) is 2. The van der Waals surface area contributed by atoms with Crippen molar-refractivity contribution in [1.82, 2.24) is 24.6 Å². The van der Waals surface area contributed by atoms with Crippen LogP contribution in [0.4, 0.5) is 9.59 Å². The van der Waals surface area contributed by atoms with Gasteiger partial charge in [-0.2, -0.15) is 8.61 Å². The molecule has 0 bridgehead atoms. The SMILES string of the molecule is CC(C)CN(C[C@@H](O)[C@H](Cc1ccc(OCCCN)cc1)NC(=O)O[C@H]1CO[C@H]2OCC[C@H]21)S(=O)(=O)c1ccc2c(c1)OCO2.CC(C)CN(C[C@@H](O)[C@H](Cc1ccc(OCCCNC(=O)c2ccoc2)cc1)NC(=O)O[C@H]1CO[C@H]2OCC[C@H]21)S(=O)(=O)c1ccc2c(c1)OCO2.O=C(O)c1ccoc1. The Hall–Kier alpha value is -8.74. The van der Waals surface area contributed by atoms with E-state index in [2.05, 4.69) is 20.4 Å². The Labute approximate surface area is 608 Å². The second-order valence-corrected chi connectivity index (χ2v) is 30.4. The number of nitrogens with two attached hydrogens (primary N) is 1. The van der Waals surface area contributed by atoms with E-state index in [-0.39, 0.29) is 117 Å². The number of carboxylic acids is 1. The summed E-state index contributed by atoms with van der Waals surface area (Å²) < 4.78 is 134. The summed E-state index contributed by atoms with van der Waals surface area (Å²) >= 11 is 0. The van der Waals surface area contributed by atoms with Crippen LogP contribution in [-0.4, -0.2) is 206 Å². The lowest BCUT2D eigenvalue weighted by Crippen LogP contribution is -2.51. The Bertz CT molecular complexity index is 4000. The Morgan fingerprint density at radius 2 is 1.00 bits per heavy atom. The first-order valence-electron chi connectivity index (χ1n) is 34.8. The predicted octanol–water partition coefficient (Wildman–Crippen LogP) is 6.54. The van der Waals surface area contributed by atoms with Gasteiger partial charge in [0.2, 0.25) is 33.6 Å². The van der Waals surface area contributed by atoms with Crippen LogP contribution in [0.3, 0.4) is 0 Å². The molecule has 8 N–H and O–H groups in total. The minimum absolute atomic E-state index is 0.000908. The van der Waals surface area contributed by atoms with Gasteiger partial charge < -0.3 is 103 Å². The number of aliphatic hydroxyl groups is 2. The first-order valence-corrected chi connectivity index (χ1v) is 37.6. The molecule has 3 amide bonds. The normalized spacial score (nSPS) is 20.2. The maximum Gasteiger partial charge on any atom is 0.407 e. The van der Waals surface area contributed by atoms with Crippen LogP contribution in [0.25, 0.3) is 0 Å². The maximum absolute atomic E-state index is 13.9. The van der Waals surface area contributed by atoms with Crippen LogP contribution < -0.4 is 50.1 Å². The fourth-order valence-electron chi connectivity index (χ4n) is 12.3. The van der Waals surface area contributed by atoms with E-state index in [1.165, 1.54) is 64.0 Å². The topological polar surface area (TPSA) is 403 Å². The van der Waals surface area contributed by atoms with E-state index in [0.717, 1.165) is 24.0 Å². The molecule has 2 aromatic heterocycles. The van der Waals surface area contributed by atoms with Gasteiger partial charge in [0.05, 0.1) is 109 Å². The molecule has 0 saturated carbocycles. The molecule has 0 aliphatic carbocycles. The summed E-state index contributed by atoms with van der Waals surface area (Å²) in [6, 6.07) is 24.4. The highest BCUT2D eigenvalue weighted by atomic mass is 32.2. The van der Waals surface area contributed by atoms with Gasteiger partial charge in [0, 0.05) is 44.9 Å². The molecule has 6 aliphatic rings. The second kappa shape index (κ2) is 37.5. The molecule has 572 valence electrons. The minimum atomic E-state index is -4.09. The number of alkyl carbamates (subject to hydrolysis) is 2. The molecule has 33 heteroatoms. The summed E-state index contributed by atoms with van der Waals surface area (Å²) in [5, 5.41) is 39.9. The van der Waals surface area contributed by atoms with Gasteiger partial charge in [-0.25, -0.2) is 31.2 Å². The van der Waals surface area contributed by atoms with Crippen molar-refractivity contribution in [3.63, 3.8) is 0 Å². The number of hydrogen-bond donors (Lipinski definition) is 7. The quantitative estimate of drug-likeness (QED) is 0.0215. The number of sulfonamides is 2. The number of benzene rings is 4. The van der Waals surface area contributed by atoms with E-state index in [9.17, 15) is 46.2 Å². The summed E-state index contributed by atoms with van der Waals surface area (Å²) in [7, 11) is -8.15. The first kappa shape index (κ1) is 78.8. The number of furan rings is 2. The van der Waals surface area contributed by atoms with Crippen molar-refractivity contribution in [1.29, 1.82) is 0 Å². The molecular formula is C72H92N6O25S2. The second-order valence-electron chi connectivity index (χ2n) is 26.5. The molecule has 31 nitrogen and oxygen atoms in total. The van der Waals surface area contributed by atoms with Gasteiger partial charge in [-0.05, 0) is 129 Å². The van der Waals surface area contributed by atoms with Crippen LogP contribution in [0.5, 0.6) is 34.5 Å². The minimum Gasteiger partial charge on any atom is -0.494 e. The lowest BCUT2D eigenvalue weighted by atomic mass is 10.0. The van der Waals surface area contributed by atoms with Crippen molar-refractivity contribution in [2.75, 3.05) is 92.5 Å². The van der Waals surface area contributed by atoms with Crippen LogP contribution in [0.2, 0.25) is 0 Å². The molecule has 4 fully saturated rings. The smallest absolute Gasteiger partial charge is 0.407 e. The molecule has 105 heavy (non-hydrogen) atoms. The highest BCUT2D eigenvalue weighted by Crippen LogP contribution is 2.38. The number of nitrogens with one attached hydrogen (secondary N) is 3. The molecule has 6 aromatic rings. The van der Waals surface area contributed by atoms with Gasteiger partial charge in [-0.1, -0.05) is 52.0 Å². The van der Waals surface area contributed by atoms with Crippen molar-refractivity contribution in [2.45, 2.75) is 125 Å². The van der Waals surface area contributed by atoms with E-state index >= 15 is 0 Å². The lowest BCUT2D eigenvalue weighted by molar-refractivity contribution is -0.0909. The van der Waals surface area contributed by atoms with E-state index in [1.807, 2.05) is 52.0 Å². The van der Waals surface area contributed by atoms with Crippen molar-refractivity contribution >= 4 is 44.1 Å². The van der Waals surface area contributed by atoms with Gasteiger partial charge in [-0.15, -0.1) is 0 Å². The zero-order chi connectivity index (χ0) is 74.6. The molecule has 8 heterocycles. The van der Waals surface area contributed by atoms with Gasteiger partial charge in [0.1, 0.15) is 36.2 Å². The number of amides is 3. The van der Waals surface area contributed by atoms with E-state index in [4.69, 9.17) is 72.1 Å². The van der Waals surface area contributed by atoms with E-state index < -0.39 is 81.0 Å². The molecule has 12 rings (SSSR count). The standard InChI is InChI=1S/C36H45N3O12S.C31H43N3O10S.C5H4O3/c1-23(2)18-39(52(43,44)27-8-9-31-32(17-27)50-22-49-31)19-30(40)29(38-36(42)51-33-21-48-35-28(33)11-15-47-35)16-24-4-6-26(7-5-24)46-13-3-12-37-34(41)25-10-14-45-20-25;1-20(2)16-34(45(37,38)23-8-9-27-28(15-23)43-19-42-27)17-26(35)25(14-21-4-6-22(7-5-21)39-12-3-11-32)33-31(36)44-29-18-41-30-24(29)10-13-40-30;6-5(7)4-1-2-8-3-4/h4-10,14,17,20,23,28-30,33,35,40H,3,11-13,15-16,18-19,21-22H2,1-2H3,(H,37,41)(H,38,42);4-9,15,20,24-26,29-30,35H,3,10-14,16-19,32H2,1-2H3,(H,33,36);1-3H,(H,6,7)/t28-,29-,30+,33-,35+;24-,25-,26+,29-,30+;/m00./s1. The average Bonchev–Trinajstić information content (AvgIpc) is 1.75. The maximum atomic E-state index is 13.9. The molecule has 6 aliphatic heterocycles. The Balaban J connectivity index is 0.000000205. The van der Waals surface area contributed by atoms with Crippen LogP contribution in [0.1, 0.15) is 85.2 Å². The molecule has 4 saturated heterocycles. The van der Waals surface area contributed by atoms with Crippen LogP contribution in [-0.2, 0) is 61.3 Å². The summed E-state index contributed by atoms with van der Waals surface area (Å²) in [4.78, 5) is 48.5. The van der Waals surface area contributed by atoms with Crippen molar-refractivity contribution in [2.24, 2.45) is 29.4 Å². The zero-order valence-corrected chi connectivity index (χ0v) is 60.4. The molecule has 0 spiro atoms. The van der Waals surface area contributed by atoms with Crippen LogP contribution in [0, 0.1) is 23.7 Å². The number of carbonyl (C=O) groups is 4. The van der Waals surface area contributed by atoms with Gasteiger partial charge in [0.15, 0.2) is 35.6 Å². The number of aromatic carboxylic acids is 1. The molecule has 10 atom stereocenters. The van der Waals surface area contributed by atoms with Crippen LogP contribution in [0.15, 0.2) is 141 Å². The summed E-state index contributed by atoms with van der Waals surface area (Å²) in [5.41, 5.74) is 7.74. The van der Waals surface area contributed by atoms with E-state index in [1.54, 1.807) is 42.5 Å². The first-order chi connectivity index (χ1) is 50.5. The predicted molar refractivity (Wildman–Crippen MR) is 373 cm³/mol. The number of carboxylic acid groups (broad SMARTS) is 1. The third-order valence-electron chi connectivity index (χ3n) is 17.7. The zero-order valence-electron chi connectivity index (χ0n) is 58.7. The monoisotopic (exact) mass is 1500 g/mol. The molecule has 4 aromatic carbocycles. The molecule has 0 radical (unpaired) electrons. The Morgan fingerprint density at radius 1 is 0.562 bits per heavy atom. The largest absolute Gasteiger partial charge is 0.494 e. The fourth-order valence-corrected chi connectivity index (χ4v) is 15.6. The number of ether oxygens (including phenoxy) is 12. The third kappa shape index (κ3) is 22.0. The number of carbonyl (C=O) groups excluding carboxylic acids is 3. The lowest BCUT2D eigenvalue weighted by Gasteiger charge is -2.31. The highest BCUT2D eigenvalue weighted by Gasteiger charge is 2.46. The van der Waals surface area contributed by atoms with Crippen molar-refractivity contribution < 1.29 is 117 Å². The number of rotatable bonds is 33. The van der Waals surface area contributed by atoms with Gasteiger partial charge in [0.25, 0.3) is 5.91 Å². The Kier molecular flexibility index (Phi) is 28.1. The molecule has 0 unspecified atom stereocenters. The number of fused-ring (bicyclic) bond motifs is 4. The van der Waals surface area contributed by atoms with Crippen LogP contribution >= 0.6 is 0 Å². The summed E-state index contributed by atoms with van der Waals surface area (Å²) in [6.45, 7) is 10.5. The van der Waals surface area contributed by atoms with Crippen molar-refractivity contribution in [3.05, 3.63) is 144 Å². The van der Waals surface area contributed by atoms with Crippen molar-refractivity contribution in [3.8, 4) is 34.5 Å². The average molecular weight is 1510 g/mol. The molecular weight excluding hydrogens is 1410 g/mol. The summed E-state index contributed by atoms with van der Waals surface area (Å²) in [5.74, 6) is 1.40. The number of aliphatic hydroxyl groups excluding tert-OH is 2. The Morgan fingerprint density at radius 3 is 1.41 bits per heavy atom. The van der Waals surface area contributed by atoms with Gasteiger partial charge >= 0.3 is 18.2 Å². The summed E-state index contributed by atoms with van der Waals surface area (Å²) in [6.07, 6.45) is 2.52. The van der Waals surface area contributed by atoms with Gasteiger partial charge in [-0.3, -0.25) is 4.79 Å². The third-order valence-corrected chi connectivity index (χ3v) is 21.4. The number of hydrogen-bond acceptors (Lipinski definition) is 25. The fraction of sp³-hybridized carbons (Fsp3) is 0.500. The van der Waals surface area contributed by atoms with E-state index in [0.29, 0.717) is 92.4 Å². The highest BCUT2D eigenvalue weighted by molar-refractivity contribution is 7.89.